The van der Waals surface area contributed by atoms with Crippen LogP contribution in [0.4, 0.5) is 11.4 Å². The first-order valence-corrected chi connectivity index (χ1v) is 9.55. The predicted molar refractivity (Wildman–Crippen MR) is 110 cm³/mol. The summed E-state index contributed by atoms with van der Waals surface area (Å²) in [6, 6.07) is 8.40. The van der Waals surface area contributed by atoms with E-state index in [1.165, 1.54) is 11.3 Å². The zero-order valence-corrected chi connectivity index (χ0v) is 16.2. The number of likely N-dealkylation sites (N-methyl/N-ethyl adjacent to an activating group) is 1. The van der Waals surface area contributed by atoms with E-state index in [9.17, 15) is 9.59 Å². The van der Waals surface area contributed by atoms with Crippen LogP contribution in [-0.2, 0) is 4.79 Å². The molecular formula is C19H19ClN4O2S. The van der Waals surface area contributed by atoms with Crippen molar-refractivity contribution in [1.29, 1.82) is 0 Å². The van der Waals surface area contributed by atoms with Gasteiger partial charge in [0.25, 0.3) is 5.91 Å². The lowest BCUT2D eigenvalue weighted by Gasteiger charge is -2.29. The number of anilines is 2. The van der Waals surface area contributed by atoms with Gasteiger partial charge in [0, 0.05) is 24.0 Å². The summed E-state index contributed by atoms with van der Waals surface area (Å²) < 4.78 is 0. The molecule has 140 valence electrons. The minimum absolute atomic E-state index is 0.0941. The average molecular weight is 403 g/mol. The Kier molecular flexibility index (Phi) is 6.16. The van der Waals surface area contributed by atoms with Crippen LogP contribution in [0.25, 0.3) is 0 Å². The fourth-order valence-corrected chi connectivity index (χ4v) is 3.48. The van der Waals surface area contributed by atoms with Crippen LogP contribution >= 0.6 is 22.9 Å². The molecule has 2 amide bonds. The van der Waals surface area contributed by atoms with Crippen LogP contribution in [0.15, 0.2) is 60.1 Å². The van der Waals surface area contributed by atoms with E-state index >= 15 is 0 Å². The van der Waals surface area contributed by atoms with Crippen LogP contribution in [-0.4, -0.2) is 36.5 Å². The van der Waals surface area contributed by atoms with Gasteiger partial charge < -0.3 is 20.9 Å². The summed E-state index contributed by atoms with van der Waals surface area (Å²) in [6.45, 7) is 0.386. The zero-order chi connectivity index (χ0) is 19.2. The van der Waals surface area contributed by atoms with Gasteiger partial charge >= 0.3 is 0 Å². The number of rotatable bonds is 6. The van der Waals surface area contributed by atoms with Gasteiger partial charge in [-0.15, -0.1) is 11.3 Å². The Morgan fingerprint density at radius 2 is 1.96 bits per heavy atom. The van der Waals surface area contributed by atoms with Gasteiger partial charge in [-0.3, -0.25) is 9.59 Å². The molecule has 1 aliphatic rings. The molecule has 3 N–H and O–H groups in total. The Morgan fingerprint density at radius 1 is 1.19 bits per heavy atom. The van der Waals surface area contributed by atoms with Crippen molar-refractivity contribution in [3.8, 4) is 0 Å². The monoisotopic (exact) mass is 402 g/mol. The van der Waals surface area contributed by atoms with Crippen LogP contribution < -0.4 is 16.0 Å². The molecule has 0 saturated heterocycles. The van der Waals surface area contributed by atoms with Crippen LogP contribution in [0.3, 0.4) is 0 Å². The molecule has 0 spiro atoms. The highest BCUT2D eigenvalue weighted by Crippen LogP contribution is 2.24. The number of benzene rings is 1. The first kappa shape index (κ1) is 19.0. The van der Waals surface area contributed by atoms with Crippen molar-refractivity contribution in [3.05, 3.63) is 70.0 Å². The molecule has 0 saturated carbocycles. The molecule has 3 rings (SSSR count). The van der Waals surface area contributed by atoms with Crippen LogP contribution in [0.5, 0.6) is 0 Å². The van der Waals surface area contributed by atoms with E-state index < -0.39 is 6.04 Å². The normalized spacial score (nSPS) is 15.5. The van der Waals surface area contributed by atoms with Gasteiger partial charge in [0.2, 0.25) is 5.91 Å². The van der Waals surface area contributed by atoms with Gasteiger partial charge in [-0.05, 0) is 41.8 Å². The molecule has 1 aromatic carbocycles. The number of nitrogens with one attached hydrogen (secondary N) is 3. The third kappa shape index (κ3) is 4.69. The number of nitrogens with zero attached hydrogens (tertiary/aromatic N) is 1. The predicted octanol–water partition coefficient (Wildman–Crippen LogP) is 3.52. The molecule has 1 aliphatic heterocycles. The van der Waals surface area contributed by atoms with E-state index in [4.69, 9.17) is 11.6 Å². The summed E-state index contributed by atoms with van der Waals surface area (Å²) in [7, 11) is 1.61. The number of hydrogen-bond acceptors (Lipinski definition) is 5. The molecular weight excluding hydrogens is 384 g/mol. The fraction of sp³-hybridized carbons (Fsp3) is 0.158. The lowest BCUT2D eigenvalue weighted by Crippen LogP contribution is -2.44. The van der Waals surface area contributed by atoms with Crippen molar-refractivity contribution in [1.82, 2.24) is 10.2 Å². The van der Waals surface area contributed by atoms with Gasteiger partial charge in [-0.2, -0.15) is 0 Å². The number of allylic oxidation sites excluding steroid dienone is 2. The maximum absolute atomic E-state index is 12.6. The Hall–Kier alpha value is -2.77. The molecule has 1 atom stereocenters. The highest BCUT2D eigenvalue weighted by atomic mass is 35.5. The molecule has 8 heteroatoms. The summed E-state index contributed by atoms with van der Waals surface area (Å²) in [5, 5.41) is 11.2. The highest BCUT2D eigenvalue weighted by molar-refractivity contribution is 7.12. The number of carbonyl (C=O) groups excluding carboxylic acids is 2. The number of halogens is 1. The van der Waals surface area contributed by atoms with Gasteiger partial charge in [-0.25, -0.2) is 0 Å². The number of carbonyl (C=O) groups is 2. The van der Waals surface area contributed by atoms with E-state index in [0.717, 1.165) is 0 Å². The van der Waals surface area contributed by atoms with Crippen molar-refractivity contribution in [2.24, 2.45) is 0 Å². The van der Waals surface area contributed by atoms with Crippen molar-refractivity contribution in [2.75, 3.05) is 24.3 Å². The maximum atomic E-state index is 12.6. The molecule has 0 fully saturated rings. The summed E-state index contributed by atoms with van der Waals surface area (Å²) in [6.07, 6.45) is 7.36. The van der Waals surface area contributed by atoms with Gasteiger partial charge in [0.1, 0.15) is 10.9 Å². The van der Waals surface area contributed by atoms with Gasteiger partial charge in [-0.1, -0.05) is 23.8 Å². The molecule has 27 heavy (non-hydrogen) atoms. The Bertz CT molecular complexity index is 876. The maximum Gasteiger partial charge on any atom is 0.267 e. The number of hydrogen-bond donors (Lipinski definition) is 3. The SMILES string of the molecule is CNC(=O)C1C=CC=CN1CNc1ccsc1C(=O)Nc1ccc(Cl)cc1. The topological polar surface area (TPSA) is 73.5 Å². The Morgan fingerprint density at radius 3 is 2.70 bits per heavy atom. The lowest BCUT2D eigenvalue weighted by molar-refractivity contribution is -0.123. The number of thiophene rings is 1. The summed E-state index contributed by atoms with van der Waals surface area (Å²) in [4.78, 5) is 27.0. The molecule has 0 aliphatic carbocycles. The molecule has 1 aromatic heterocycles. The third-order valence-electron chi connectivity index (χ3n) is 3.98. The molecule has 2 aromatic rings. The Balaban J connectivity index is 1.65. The van der Waals surface area contributed by atoms with Gasteiger partial charge in [0.15, 0.2) is 0 Å². The van der Waals surface area contributed by atoms with Crippen LogP contribution in [0.2, 0.25) is 5.02 Å². The Labute approximate surface area is 166 Å². The number of amides is 2. The minimum atomic E-state index is -0.391. The minimum Gasteiger partial charge on any atom is -0.366 e. The smallest absolute Gasteiger partial charge is 0.267 e. The van der Waals surface area contributed by atoms with Crippen molar-refractivity contribution in [3.63, 3.8) is 0 Å². The first-order chi connectivity index (χ1) is 13.1. The van der Waals surface area contributed by atoms with Gasteiger partial charge in [0.05, 0.1) is 12.4 Å². The van der Waals surface area contributed by atoms with Crippen LogP contribution in [0.1, 0.15) is 9.67 Å². The molecule has 0 radical (unpaired) electrons. The molecule has 0 bridgehead atoms. The van der Waals surface area contributed by atoms with E-state index in [1.54, 1.807) is 31.3 Å². The van der Waals surface area contributed by atoms with E-state index in [0.29, 0.717) is 27.9 Å². The van der Waals surface area contributed by atoms with E-state index in [2.05, 4.69) is 16.0 Å². The second kappa shape index (κ2) is 8.75. The third-order valence-corrected chi connectivity index (χ3v) is 5.15. The standard InChI is InChI=1S/C19H19ClN4O2S/c1-21-18(25)16-4-2-3-10-24(16)12-22-15-9-11-27-17(15)19(26)23-14-7-5-13(20)6-8-14/h2-11,16,22H,12H2,1H3,(H,21,25)(H,23,26). The van der Waals surface area contributed by atoms with Crippen LogP contribution in [0, 0.1) is 0 Å². The highest BCUT2D eigenvalue weighted by Gasteiger charge is 2.22. The summed E-state index contributed by atoms with van der Waals surface area (Å²) >= 11 is 7.22. The van der Waals surface area contributed by atoms with Crippen molar-refractivity contribution in [2.45, 2.75) is 6.04 Å². The first-order valence-electron chi connectivity index (χ1n) is 8.29. The molecule has 6 nitrogen and oxygen atoms in total. The van der Waals surface area contributed by atoms with Crippen molar-refractivity contribution < 1.29 is 9.59 Å². The summed E-state index contributed by atoms with van der Waals surface area (Å²) in [5.41, 5.74) is 1.39. The lowest BCUT2D eigenvalue weighted by atomic mass is 10.2. The molecule has 1 unspecified atom stereocenters. The second-order valence-electron chi connectivity index (χ2n) is 5.76. The van der Waals surface area contributed by atoms with E-state index in [1.807, 2.05) is 40.8 Å². The van der Waals surface area contributed by atoms with Crippen molar-refractivity contribution >= 4 is 46.1 Å². The largest absolute Gasteiger partial charge is 0.366 e. The van der Waals surface area contributed by atoms with E-state index in [-0.39, 0.29) is 11.8 Å². The quantitative estimate of drug-likeness (QED) is 0.691. The summed E-state index contributed by atoms with van der Waals surface area (Å²) in [5.74, 6) is -0.296. The second-order valence-corrected chi connectivity index (χ2v) is 7.11. The fourth-order valence-electron chi connectivity index (χ4n) is 2.59. The average Bonchev–Trinajstić information content (AvgIpc) is 3.16. The molecule has 2 heterocycles. The zero-order valence-electron chi connectivity index (χ0n) is 14.6.